The Morgan fingerprint density at radius 3 is 0.787 bits per heavy atom. The van der Waals surface area contributed by atoms with E-state index in [1.807, 2.05) is 0 Å². The Morgan fingerprint density at radius 2 is 0.487 bits per heavy atom. The lowest BCUT2D eigenvalue weighted by molar-refractivity contribution is -0.167. The minimum atomic E-state index is -0.772. The summed E-state index contributed by atoms with van der Waals surface area (Å²) in [6.45, 7) is 6.56. The zero-order valence-corrected chi connectivity index (χ0v) is 53.6. The molecule has 0 aliphatic heterocycles. The normalized spacial score (nSPS) is 12.4. The molecule has 0 spiro atoms. The number of carbonyl (C=O) groups excluding carboxylic acids is 3. The van der Waals surface area contributed by atoms with E-state index in [-0.39, 0.29) is 31.1 Å². The first kappa shape index (κ1) is 77.1. The summed E-state index contributed by atoms with van der Waals surface area (Å²) in [5.74, 6) is -0.854. The van der Waals surface area contributed by atoms with Gasteiger partial charge < -0.3 is 14.2 Å². The van der Waals surface area contributed by atoms with Gasteiger partial charge in [-0.25, -0.2) is 0 Å². The average molecular weight is 1120 g/mol. The van der Waals surface area contributed by atoms with Gasteiger partial charge in [0.2, 0.25) is 0 Å². The van der Waals surface area contributed by atoms with Gasteiger partial charge in [-0.2, -0.15) is 0 Å². The van der Waals surface area contributed by atoms with Gasteiger partial charge in [-0.15, -0.1) is 0 Å². The van der Waals surface area contributed by atoms with Crippen molar-refractivity contribution in [3.8, 4) is 0 Å². The van der Waals surface area contributed by atoms with Crippen LogP contribution in [0, 0.1) is 0 Å². The average Bonchev–Trinajstić information content (AvgIpc) is 3.46. The molecule has 0 saturated heterocycles. The Morgan fingerprint density at radius 1 is 0.263 bits per heavy atom. The molecule has 0 heterocycles. The molecule has 0 bridgehead atoms. The number of unbranched alkanes of at least 4 members (excludes halogenated alkanes) is 44. The summed E-state index contributed by atoms with van der Waals surface area (Å²) in [5, 5.41) is 0. The van der Waals surface area contributed by atoms with E-state index in [9.17, 15) is 14.4 Å². The van der Waals surface area contributed by atoms with Crippen LogP contribution in [0.5, 0.6) is 0 Å². The Bertz CT molecular complexity index is 1430. The van der Waals surface area contributed by atoms with Crippen molar-refractivity contribution in [1.29, 1.82) is 0 Å². The van der Waals surface area contributed by atoms with Crippen LogP contribution in [-0.2, 0) is 28.6 Å². The fourth-order valence-corrected chi connectivity index (χ4v) is 10.5. The van der Waals surface area contributed by atoms with Crippen LogP contribution >= 0.6 is 0 Å². The van der Waals surface area contributed by atoms with Crippen LogP contribution < -0.4 is 0 Å². The summed E-state index contributed by atoms with van der Waals surface area (Å²) in [7, 11) is 0. The first-order valence-electron chi connectivity index (χ1n) is 35.3. The maximum atomic E-state index is 12.9. The van der Waals surface area contributed by atoms with Crippen LogP contribution in [0.25, 0.3) is 0 Å². The molecule has 0 N–H and O–H groups in total. The highest BCUT2D eigenvalue weighted by Crippen LogP contribution is 2.18. The number of hydrogen-bond acceptors (Lipinski definition) is 6. The van der Waals surface area contributed by atoms with E-state index in [0.29, 0.717) is 19.3 Å². The molecule has 466 valence electrons. The molecule has 6 heteroatoms. The van der Waals surface area contributed by atoms with Gasteiger partial charge in [0.1, 0.15) is 13.2 Å². The van der Waals surface area contributed by atoms with Crippen molar-refractivity contribution in [2.45, 2.75) is 380 Å². The summed E-state index contributed by atoms with van der Waals surface area (Å²) in [6.07, 6.45) is 88.4. The minimum Gasteiger partial charge on any atom is -0.462 e. The molecule has 0 aromatic heterocycles. The van der Waals surface area contributed by atoms with E-state index in [4.69, 9.17) is 14.2 Å². The smallest absolute Gasteiger partial charge is 0.306 e. The molecule has 1 unspecified atom stereocenters. The number of esters is 3. The fourth-order valence-electron chi connectivity index (χ4n) is 10.5. The van der Waals surface area contributed by atoms with Crippen molar-refractivity contribution in [3.63, 3.8) is 0 Å². The maximum Gasteiger partial charge on any atom is 0.306 e. The molecule has 80 heavy (non-hydrogen) atoms. The van der Waals surface area contributed by atoms with E-state index in [1.165, 1.54) is 244 Å². The monoisotopic (exact) mass is 1120 g/mol. The molecule has 0 saturated carbocycles. The van der Waals surface area contributed by atoms with Crippen molar-refractivity contribution in [1.82, 2.24) is 0 Å². The van der Waals surface area contributed by atoms with Gasteiger partial charge in [0.05, 0.1) is 0 Å². The van der Waals surface area contributed by atoms with Gasteiger partial charge in [0, 0.05) is 19.3 Å². The third-order valence-electron chi connectivity index (χ3n) is 15.8. The Kier molecular flexibility index (Phi) is 66.1. The zero-order valence-electron chi connectivity index (χ0n) is 53.6. The molecular formula is C74H134O6. The Labute approximate surface area is 498 Å². The molecule has 0 rings (SSSR count). The first-order valence-corrected chi connectivity index (χ1v) is 35.3. The Hall–Kier alpha value is -2.89. The fraction of sp³-hybridized carbons (Fsp3) is 0.824. The van der Waals surface area contributed by atoms with Gasteiger partial charge in [0.15, 0.2) is 6.10 Å². The van der Waals surface area contributed by atoms with Crippen LogP contribution in [0.3, 0.4) is 0 Å². The first-order chi connectivity index (χ1) is 39.5. The van der Waals surface area contributed by atoms with Crippen molar-refractivity contribution in [2.75, 3.05) is 13.2 Å². The largest absolute Gasteiger partial charge is 0.462 e. The van der Waals surface area contributed by atoms with Gasteiger partial charge in [-0.05, 0) is 83.5 Å². The quantitative estimate of drug-likeness (QED) is 0.0261. The number of allylic oxidation sites excluding steroid dienone is 10. The van der Waals surface area contributed by atoms with E-state index in [1.54, 1.807) is 0 Å². The van der Waals surface area contributed by atoms with Gasteiger partial charge in [-0.1, -0.05) is 332 Å². The van der Waals surface area contributed by atoms with Crippen LogP contribution in [0.15, 0.2) is 60.8 Å². The van der Waals surface area contributed by atoms with Crippen LogP contribution in [0.4, 0.5) is 0 Å². The Balaban J connectivity index is 4.05. The lowest BCUT2D eigenvalue weighted by atomic mass is 10.0. The minimum absolute atomic E-state index is 0.0698. The van der Waals surface area contributed by atoms with Crippen LogP contribution in [-0.4, -0.2) is 37.2 Å². The highest BCUT2D eigenvalue weighted by atomic mass is 16.6. The van der Waals surface area contributed by atoms with Gasteiger partial charge in [-0.3, -0.25) is 14.4 Å². The standard InChI is InChI=1S/C74H134O6/c1-4-7-10-13-16-19-22-25-27-28-29-30-31-32-33-34-35-36-37-38-39-40-41-42-43-44-45-46-47-50-52-55-58-61-64-67-73(76)79-70-71(69-78-72(75)66-63-60-57-54-51-48-24-21-18-15-12-9-6-3)80-74(77)68-65-62-59-56-53-49-26-23-20-17-14-11-8-5-2/h7,10,16,19,21,24-25,27,29-30,71H,4-6,8-9,11-15,17-18,20,22-23,26,28,31-70H2,1-3H3/b10-7-,19-16-,24-21-,27-25-,30-29-. The van der Waals surface area contributed by atoms with E-state index in [2.05, 4.69) is 81.5 Å². The molecule has 0 aliphatic rings. The van der Waals surface area contributed by atoms with Crippen molar-refractivity contribution in [2.24, 2.45) is 0 Å². The van der Waals surface area contributed by atoms with E-state index in [0.717, 1.165) is 89.9 Å². The number of rotatable bonds is 65. The summed E-state index contributed by atoms with van der Waals surface area (Å²) >= 11 is 0. The van der Waals surface area contributed by atoms with Gasteiger partial charge >= 0.3 is 17.9 Å². The maximum absolute atomic E-state index is 12.9. The molecule has 0 aromatic rings. The SMILES string of the molecule is CC/C=C\C/C=C\C/C=C\C/C=C\CCCCCCCCCCCCCCCCCCCCCCCCC(=O)OCC(COC(=O)CCCCCCC/C=C\CCCCCC)OC(=O)CCCCCCCCCCCCCCCC. The molecule has 6 nitrogen and oxygen atoms in total. The second kappa shape index (κ2) is 68.6. The molecule has 0 aliphatic carbocycles. The molecule has 0 aromatic carbocycles. The summed E-state index contributed by atoms with van der Waals surface area (Å²) in [5.41, 5.74) is 0. The van der Waals surface area contributed by atoms with Crippen molar-refractivity contribution >= 4 is 17.9 Å². The van der Waals surface area contributed by atoms with Gasteiger partial charge in [0.25, 0.3) is 0 Å². The van der Waals surface area contributed by atoms with E-state index >= 15 is 0 Å². The molecule has 0 radical (unpaired) electrons. The lowest BCUT2D eigenvalue weighted by Crippen LogP contribution is -2.30. The number of hydrogen-bond donors (Lipinski definition) is 0. The highest BCUT2D eigenvalue weighted by molar-refractivity contribution is 5.71. The predicted molar refractivity (Wildman–Crippen MR) is 348 cm³/mol. The summed E-state index contributed by atoms with van der Waals surface area (Å²) < 4.78 is 16.9. The highest BCUT2D eigenvalue weighted by Gasteiger charge is 2.19. The van der Waals surface area contributed by atoms with Crippen LogP contribution in [0.2, 0.25) is 0 Å². The summed E-state index contributed by atoms with van der Waals surface area (Å²) in [6, 6.07) is 0. The molecule has 1 atom stereocenters. The lowest BCUT2D eigenvalue weighted by Gasteiger charge is -2.18. The van der Waals surface area contributed by atoms with Crippen molar-refractivity contribution in [3.05, 3.63) is 60.8 Å². The van der Waals surface area contributed by atoms with E-state index < -0.39 is 6.10 Å². The predicted octanol–water partition coefficient (Wildman–Crippen LogP) is 24.3. The molecule has 0 fully saturated rings. The summed E-state index contributed by atoms with van der Waals surface area (Å²) in [4.78, 5) is 38.3. The topological polar surface area (TPSA) is 78.9 Å². The third-order valence-corrected chi connectivity index (χ3v) is 15.8. The van der Waals surface area contributed by atoms with Crippen molar-refractivity contribution < 1.29 is 28.6 Å². The molecule has 0 amide bonds. The second-order valence-corrected chi connectivity index (χ2v) is 23.8. The third kappa shape index (κ3) is 65.9. The molecular weight excluding hydrogens is 985 g/mol. The number of carbonyl (C=O) groups is 3. The zero-order chi connectivity index (χ0) is 57.8. The van der Waals surface area contributed by atoms with Crippen LogP contribution in [0.1, 0.15) is 374 Å². The second-order valence-electron chi connectivity index (χ2n) is 23.8. The number of ether oxygens (including phenoxy) is 3.